The number of aromatic nitrogens is 3. The van der Waals surface area contributed by atoms with E-state index in [0.717, 1.165) is 72.3 Å². The molecule has 0 aliphatic carbocycles. The molecule has 0 saturated carbocycles. The van der Waals surface area contributed by atoms with Gasteiger partial charge in [0.25, 0.3) is 0 Å². The van der Waals surface area contributed by atoms with E-state index in [1.54, 1.807) is 0 Å². The highest BCUT2D eigenvalue weighted by atomic mass is 35.5. The van der Waals surface area contributed by atoms with Crippen LogP contribution >= 0.6 is 11.6 Å². The third-order valence-corrected chi connectivity index (χ3v) is 6.05. The molecule has 0 radical (unpaired) electrons. The molecule has 1 saturated heterocycles. The van der Waals surface area contributed by atoms with Crippen LogP contribution in [0.2, 0.25) is 5.02 Å². The number of anilines is 2. The minimum atomic E-state index is 0.671. The summed E-state index contributed by atoms with van der Waals surface area (Å²) in [6, 6.07) is 9.95. The van der Waals surface area contributed by atoms with Gasteiger partial charge in [-0.1, -0.05) is 29.8 Å². The Balaban J connectivity index is 1.58. The van der Waals surface area contributed by atoms with Crippen LogP contribution in [0, 0.1) is 6.92 Å². The third kappa shape index (κ3) is 3.60. The first kappa shape index (κ1) is 19.2. The molecule has 1 fully saturated rings. The van der Waals surface area contributed by atoms with Crippen molar-refractivity contribution in [1.29, 1.82) is 0 Å². The molecule has 154 valence electrons. The molecule has 2 aliphatic heterocycles. The van der Waals surface area contributed by atoms with Crippen molar-refractivity contribution in [2.45, 2.75) is 13.5 Å². The van der Waals surface area contributed by atoms with E-state index in [1.807, 2.05) is 37.4 Å². The van der Waals surface area contributed by atoms with E-state index in [2.05, 4.69) is 38.4 Å². The van der Waals surface area contributed by atoms with Gasteiger partial charge < -0.3 is 10.2 Å². The summed E-state index contributed by atoms with van der Waals surface area (Å²) in [4.78, 5) is 14.5. The Morgan fingerprint density at radius 1 is 1.10 bits per heavy atom. The number of hydrogen-bond donors (Lipinski definition) is 2. The summed E-state index contributed by atoms with van der Waals surface area (Å²) in [6.07, 6.45) is 1.88. The van der Waals surface area contributed by atoms with Gasteiger partial charge in [0.05, 0.1) is 29.0 Å². The lowest BCUT2D eigenvalue weighted by molar-refractivity contribution is 0.147. The Bertz CT molecular complexity index is 1110. The van der Waals surface area contributed by atoms with Gasteiger partial charge in [-0.2, -0.15) is 5.10 Å². The molecule has 2 aromatic heterocycles. The van der Waals surface area contributed by atoms with Gasteiger partial charge in [0, 0.05) is 48.9 Å². The van der Waals surface area contributed by atoms with Gasteiger partial charge in [-0.3, -0.25) is 15.0 Å². The van der Waals surface area contributed by atoms with E-state index in [9.17, 15) is 0 Å². The number of aromatic amines is 1. The quantitative estimate of drug-likeness (QED) is 0.527. The van der Waals surface area contributed by atoms with Gasteiger partial charge in [-0.15, -0.1) is 0 Å². The van der Waals surface area contributed by atoms with Crippen LogP contribution in [0.25, 0.3) is 0 Å². The predicted octanol–water partition coefficient (Wildman–Crippen LogP) is 3.74. The standard InChI is InChI=1S/C22H24ClN7/c1-14-20-22(28-27-14)25-19-12-24-15(13-30-9-7-29(2)8-10-30)11-17(19)21(26-20)16-5-3-4-6-18(16)23/h3-6,11-12H,7-10,13H2,1-2H3,(H2,25,27,28). The average molecular weight is 422 g/mol. The van der Waals surface area contributed by atoms with Crippen molar-refractivity contribution in [1.82, 2.24) is 25.0 Å². The van der Waals surface area contributed by atoms with Gasteiger partial charge in [0.2, 0.25) is 0 Å². The molecule has 2 aliphatic rings. The summed E-state index contributed by atoms with van der Waals surface area (Å²) in [6.45, 7) is 7.05. The Labute approximate surface area is 180 Å². The molecule has 0 bridgehead atoms. The minimum Gasteiger partial charge on any atom is -0.335 e. The van der Waals surface area contributed by atoms with Crippen molar-refractivity contribution in [2.24, 2.45) is 4.99 Å². The van der Waals surface area contributed by atoms with Crippen molar-refractivity contribution < 1.29 is 0 Å². The van der Waals surface area contributed by atoms with E-state index in [4.69, 9.17) is 21.6 Å². The van der Waals surface area contributed by atoms with Crippen LogP contribution in [0.5, 0.6) is 0 Å². The molecule has 0 atom stereocenters. The molecule has 0 spiro atoms. The predicted molar refractivity (Wildman–Crippen MR) is 120 cm³/mol. The molecular weight excluding hydrogens is 398 g/mol. The second-order valence-corrected chi connectivity index (χ2v) is 8.32. The fourth-order valence-corrected chi connectivity index (χ4v) is 4.15. The summed E-state index contributed by atoms with van der Waals surface area (Å²) in [5.41, 5.74) is 6.31. The summed E-state index contributed by atoms with van der Waals surface area (Å²) >= 11 is 6.57. The first-order chi connectivity index (χ1) is 14.6. The maximum absolute atomic E-state index is 6.57. The molecule has 2 N–H and O–H groups in total. The fourth-order valence-electron chi connectivity index (χ4n) is 3.92. The van der Waals surface area contributed by atoms with Crippen molar-refractivity contribution >= 4 is 34.5 Å². The number of piperazine rings is 1. The highest BCUT2D eigenvalue weighted by Gasteiger charge is 2.24. The summed E-state index contributed by atoms with van der Waals surface area (Å²) in [5, 5.41) is 11.4. The second-order valence-electron chi connectivity index (χ2n) is 7.91. The number of halogens is 1. The van der Waals surface area contributed by atoms with E-state index in [0.29, 0.717) is 10.8 Å². The smallest absolute Gasteiger partial charge is 0.178 e. The molecule has 1 aromatic carbocycles. The van der Waals surface area contributed by atoms with Crippen molar-refractivity contribution in [3.8, 4) is 0 Å². The zero-order valence-electron chi connectivity index (χ0n) is 17.1. The van der Waals surface area contributed by atoms with E-state index >= 15 is 0 Å². The van der Waals surface area contributed by atoms with Gasteiger partial charge in [-0.25, -0.2) is 4.99 Å². The fraction of sp³-hybridized carbons (Fsp3) is 0.318. The number of likely N-dealkylation sites (N-methyl/N-ethyl adjacent to an activating group) is 1. The summed E-state index contributed by atoms with van der Waals surface area (Å²) in [5.74, 6) is 0.699. The summed E-state index contributed by atoms with van der Waals surface area (Å²) < 4.78 is 0. The van der Waals surface area contributed by atoms with Crippen LogP contribution in [0.15, 0.2) is 41.5 Å². The lowest BCUT2D eigenvalue weighted by Gasteiger charge is -2.32. The monoisotopic (exact) mass is 421 g/mol. The Hall–Kier alpha value is -2.74. The third-order valence-electron chi connectivity index (χ3n) is 5.72. The van der Waals surface area contributed by atoms with E-state index in [1.165, 1.54) is 0 Å². The number of benzene rings is 1. The Kier molecular flexibility index (Phi) is 5.02. The highest BCUT2D eigenvalue weighted by molar-refractivity contribution is 6.36. The SMILES string of the molecule is Cc1[nH]nc2c1N=C(c1ccccc1Cl)c1cc(CN3CCN(C)CC3)ncc1N2. The maximum Gasteiger partial charge on any atom is 0.178 e. The van der Waals surface area contributed by atoms with Gasteiger partial charge in [0.1, 0.15) is 5.69 Å². The van der Waals surface area contributed by atoms with Gasteiger partial charge >= 0.3 is 0 Å². The average Bonchev–Trinajstić information content (AvgIpc) is 3.00. The van der Waals surface area contributed by atoms with Crippen LogP contribution in [-0.4, -0.2) is 63.9 Å². The molecule has 3 aromatic rings. The lowest BCUT2D eigenvalue weighted by atomic mass is 10.0. The normalized spacial score (nSPS) is 17.0. The molecule has 5 rings (SSSR count). The number of aryl methyl sites for hydroxylation is 1. The summed E-state index contributed by atoms with van der Waals surface area (Å²) in [7, 11) is 2.17. The largest absolute Gasteiger partial charge is 0.335 e. The van der Waals surface area contributed by atoms with Crippen LogP contribution in [0.1, 0.15) is 22.5 Å². The number of hydrogen-bond acceptors (Lipinski definition) is 6. The molecule has 30 heavy (non-hydrogen) atoms. The lowest BCUT2D eigenvalue weighted by Crippen LogP contribution is -2.44. The second kappa shape index (κ2) is 7.83. The van der Waals surface area contributed by atoms with Crippen LogP contribution in [0.4, 0.5) is 17.2 Å². The number of nitrogens with one attached hydrogen (secondary N) is 2. The number of H-pyrrole nitrogens is 1. The van der Waals surface area contributed by atoms with Gasteiger partial charge in [0.15, 0.2) is 5.82 Å². The van der Waals surface area contributed by atoms with Crippen molar-refractivity contribution in [2.75, 3.05) is 38.5 Å². The first-order valence-electron chi connectivity index (χ1n) is 10.1. The zero-order valence-corrected chi connectivity index (χ0v) is 17.9. The van der Waals surface area contributed by atoms with Crippen LogP contribution in [-0.2, 0) is 6.54 Å². The highest BCUT2D eigenvalue weighted by Crippen LogP contribution is 2.37. The molecule has 8 heteroatoms. The number of pyridine rings is 1. The van der Waals surface area contributed by atoms with Crippen LogP contribution in [0.3, 0.4) is 0 Å². The first-order valence-corrected chi connectivity index (χ1v) is 10.5. The molecule has 4 heterocycles. The molecular formula is C22H24ClN7. The number of aliphatic imine (C=N–C) groups is 1. The number of rotatable bonds is 3. The van der Waals surface area contributed by atoms with Gasteiger partial charge in [-0.05, 0) is 26.1 Å². The van der Waals surface area contributed by atoms with Crippen LogP contribution < -0.4 is 5.32 Å². The van der Waals surface area contributed by atoms with E-state index < -0.39 is 0 Å². The minimum absolute atomic E-state index is 0.671. The van der Waals surface area contributed by atoms with Crippen molar-refractivity contribution in [3.63, 3.8) is 0 Å². The molecule has 0 unspecified atom stereocenters. The maximum atomic E-state index is 6.57. The number of nitrogens with zero attached hydrogens (tertiary/aromatic N) is 5. The molecule has 0 amide bonds. The Morgan fingerprint density at radius 3 is 2.70 bits per heavy atom. The van der Waals surface area contributed by atoms with Crippen molar-refractivity contribution in [3.05, 3.63) is 64.1 Å². The molecule has 7 nitrogen and oxygen atoms in total. The zero-order chi connectivity index (χ0) is 20.7. The number of fused-ring (bicyclic) bond motifs is 2. The van der Waals surface area contributed by atoms with E-state index in [-0.39, 0.29) is 0 Å². The topological polar surface area (TPSA) is 72.4 Å². The Morgan fingerprint density at radius 2 is 1.90 bits per heavy atom.